The zero-order chi connectivity index (χ0) is 13.9. The molecule has 0 amide bonds. The van der Waals surface area contributed by atoms with Crippen LogP contribution in [0.15, 0.2) is 42.6 Å². The van der Waals surface area contributed by atoms with Crippen molar-refractivity contribution in [2.75, 3.05) is 23.3 Å². The van der Waals surface area contributed by atoms with E-state index < -0.39 is 10.0 Å². The zero-order valence-corrected chi connectivity index (χ0v) is 11.5. The van der Waals surface area contributed by atoms with E-state index in [4.69, 9.17) is 0 Å². The monoisotopic (exact) mass is 277 g/mol. The summed E-state index contributed by atoms with van der Waals surface area (Å²) in [5, 5.41) is 2.95. The lowest BCUT2D eigenvalue weighted by atomic mass is 10.1. The fourth-order valence-corrected chi connectivity index (χ4v) is 2.24. The summed E-state index contributed by atoms with van der Waals surface area (Å²) < 4.78 is 24.9. The molecule has 0 fully saturated rings. The van der Waals surface area contributed by atoms with Gasteiger partial charge in [0.15, 0.2) is 0 Å². The summed E-state index contributed by atoms with van der Waals surface area (Å²) in [6, 6.07) is 11.0. The Morgan fingerprint density at radius 3 is 2.47 bits per heavy atom. The Labute approximate surface area is 112 Å². The van der Waals surface area contributed by atoms with Crippen LogP contribution < -0.4 is 10.0 Å². The van der Waals surface area contributed by atoms with Gasteiger partial charge in [-0.05, 0) is 29.8 Å². The van der Waals surface area contributed by atoms with Crippen molar-refractivity contribution in [3.8, 4) is 11.1 Å². The van der Waals surface area contributed by atoms with Gasteiger partial charge in [-0.2, -0.15) is 0 Å². The number of sulfonamides is 1. The Kier molecular flexibility index (Phi) is 3.71. The van der Waals surface area contributed by atoms with Gasteiger partial charge in [-0.15, -0.1) is 0 Å². The van der Waals surface area contributed by atoms with E-state index >= 15 is 0 Å². The molecule has 0 unspecified atom stereocenters. The van der Waals surface area contributed by atoms with Gasteiger partial charge in [0.1, 0.15) is 5.82 Å². The minimum Gasteiger partial charge on any atom is -0.373 e. The normalized spacial score (nSPS) is 11.1. The van der Waals surface area contributed by atoms with Crippen molar-refractivity contribution in [1.82, 2.24) is 4.98 Å². The van der Waals surface area contributed by atoms with Gasteiger partial charge < -0.3 is 5.32 Å². The first-order valence-corrected chi connectivity index (χ1v) is 7.59. The number of anilines is 2. The van der Waals surface area contributed by atoms with Crippen LogP contribution in [0, 0.1) is 0 Å². The van der Waals surface area contributed by atoms with E-state index in [0.29, 0.717) is 5.69 Å². The van der Waals surface area contributed by atoms with Crippen LogP contribution in [0.4, 0.5) is 11.5 Å². The maximum absolute atomic E-state index is 11.2. The van der Waals surface area contributed by atoms with Gasteiger partial charge in [0.05, 0.1) is 6.26 Å². The average Bonchev–Trinajstić information content (AvgIpc) is 2.37. The quantitative estimate of drug-likeness (QED) is 0.898. The minimum atomic E-state index is -3.26. The van der Waals surface area contributed by atoms with Crippen LogP contribution in [0.5, 0.6) is 0 Å². The molecule has 1 heterocycles. The summed E-state index contributed by atoms with van der Waals surface area (Å²) in [6.07, 6.45) is 2.87. The van der Waals surface area contributed by atoms with Crippen LogP contribution in [0.1, 0.15) is 0 Å². The van der Waals surface area contributed by atoms with Crippen molar-refractivity contribution in [3.05, 3.63) is 42.6 Å². The molecule has 0 saturated carbocycles. The summed E-state index contributed by atoms with van der Waals surface area (Å²) in [5.41, 5.74) is 2.37. The van der Waals surface area contributed by atoms with Crippen LogP contribution in [-0.4, -0.2) is 26.7 Å². The first kappa shape index (κ1) is 13.4. The second-order valence-corrected chi connectivity index (χ2v) is 5.89. The van der Waals surface area contributed by atoms with E-state index in [1.807, 2.05) is 18.2 Å². The van der Waals surface area contributed by atoms with Crippen LogP contribution in [0.2, 0.25) is 0 Å². The molecular formula is C13H15N3O2S. The topological polar surface area (TPSA) is 71.1 Å². The maximum Gasteiger partial charge on any atom is 0.229 e. The highest BCUT2D eigenvalue weighted by molar-refractivity contribution is 7.92. The van der Waals surface area contributed by atoms with Gasteiger partial charge in [-0.1, -0.05) is 12.1 Å². The molecule has 0 aliphatic rings. The van der Waals surface area contributed by atoms with E-state index in [1.54, 1.807) is 31.4 Å². The lowest BCUT2D eigenvalue weighted by molar-refractivity contribution is 0.607. The number of nitrogens with zero attached hydrogens (tertiary/aromatic N) is 1. The Bertz CT molecular complexity index is 667. The highest BCUT2D eigenvalue weighted by Gasteiger charge is 2.04. The highest BCUT2D eigenvalue weighted by atomic mass is 32.2. The Balaban J connectivity index is 2.32. The first-order valence-electron chi connectivity index (χ1n) is 5.70. The molecule has 0 radical (unpaired) electrons. The molecule has 0 atom stereocenters. The van der Waals surface area contributed by atoms with Gasteiger partial charge in [0, 0.05) is 24.5 Å². The Hall–Kier alpha value is -2.08. The summed E-state index contributed by atoms with van der Waals surface area (Å²) in [4.78, 5) is 4.23. The Morgan fingerprint density at radius 1 is 1.11 bits per heavy atom. The van der Waals surface area contributed by atoms with Crippen LogP contribution in [0.25, 0.3) is 11.1 Å². The van der Waals surface area contributed by atoms with Crippen molar-refractivity contribution >= 4 is 21.5 Å². The zero-order valence-electron chi connectivity index (χ0n) is 10.7. The lowest BCUT2D eigenvalue weighted by Gasteiger charge is -2.07. The largest absolute Gasteiger partial charge is 0.373 e. The van der Waals surface area contributed by atoms with Crippen molar-refractivity contribution in [1.29, 1.82) is 0 Å². The second-order valence-electron chi connectivity index (χ2n) is 4.14. The summed E-state index contributed by atoms with van der Waals surface area (Å²) in [5.74, 6) is 0.786. The second kappa shape index (κ2) is 5.27. The van der Waals surface area contributed by atoms with Crippen molar-refractivity contribution < 1.29 is 8.42 Å². The first-order chi connectivity index (χ1) is 8.98. The van der Waals surface area contributed by atoms with Crippen LogP contribution in [-0.2, 0) is 10.0 Å². The van der Waals surface area contributed by atoms with Crippen molar-refractivity contribution in [2.24, 2.45) is 0 Å². The number of pyridine rings is 1. The molecule has 2 rings (SSSR count). The third-order valence-electron chi connectivity index (χ3n) is 2.52. The summed E-state index contributed by atoms with van der Waals surface area (Å²) in [6.45, 7) is 0. The van der Waals surface area contributed by atoms with E-state index in [1.165, 1.54) is 0 Å². The molecule has 0 spiro atoms. The number of rotatable bonds is 4. The molecule has 1 aromatic carbocycles. The van der Waals surface area contributed by atoms with Crippen molar-refractivity contribution in [2.45, 2.75) is 0 Å². The number of hydrogen-bond donors (Lipinski definition) is 2. The smallest absolute Gasteiger partial charge is 0.229 e. The van der Waals surface area contributed by atoms with E-state index in [2.05, 4.69) is 15.0 Å². The summed E-state index contributed by atoms with van der Waals surface area (Å²) >= 11 is 0. The third kappa shape index (κ3) is 3.69. The molecule has 19 heavy (non-hydrogen) atoms. The maximum atomic E-state index is 11.2. The molecule has 100 valence electrons. The van der Waals surface area contributed by atoms with Gasteiger partial charge in [-0.3, -0.25) is 4.72 Å². The molecule has 5 nitrogen and oxygen atoms in total. The molecular weight excluding hydrogens is 262 g/mol. The van der Waals surface area contributed by atoms with Crippen LogP contribution >= 0.6 is 0 Å². The predicted octanol–water partition coefficient (Wildman–Crippen LogP) is 2.16. The van der Waals surface area contributed by atoms with Crippen LogP contribution in [0.3, 0.4) is 0 Å². The molecule has 0 bridgehead atoms. The van der Waals surface area contributed by atoms with E-state index in [-0.39, 0.29) is 0 Å². The molecule has 0 aliphatic carbocycles. The third-order valence-corrected chi connectivity index (χ3v) is 3.13. The van der Waals surface area contributed by atoms with E-state index in [9.17, 15) is 8.42 Å². The molecule has 2 N–H and O–H groups in total. The molecule has 0 saturated heterocycles. The molecule has 1 aromatic heterocycles. The number of hydrogen-bond acceptors (Lipinski definition) is 4. The van der Waals surface area contributed by atoms with E-state index in [0.717, 1.165) is 23.2 Å². The Morgan fingerprint density at radius 2 is 1.89 bits per heavy atom. The lowest BCUT2D eigenvalue weighted by Crippen LogP contribution is -2.09. The average molecular weight is 277 g/mol. The van der Waals surface area contributed by atoms with Gasteiger partial charge in [0.2, 0.25) is 10.0 Å². The fourth-order valence-electron chi connectivity index (χ4n) is 1.69. The van der Waals surface area contributed by atoms with Gasteiger partial charge >= 0.3 is 0 Å². The fraction of sp³-hybridized carbons (Fsp3) is 0.154. The number of nitrogens with one attached hydrogen (secondary N) is 2. The highest BCUT2D eigenvalue weighted by Crippen LogP contribution is 2.23. The van der Waals surface area contributed by atoms with Gasteiger partial charge in [0.25, 0.3) is 0 Å². The molecule has 6 heteroatoms. The van der Waals surface area contributed by atoms with Crippen molar-refractivity contribution in [3.63, 3.8) is 0 Å². The SMILES string of the molecule is CNc1ccc(-c2cccc(NS(C)(=O)=O)c2)cn1. The summed E-state index contributed by atoms with van der Waals surface area (Å²) in [7, 11) is -1.46. The van der Waals surface area contributed by atoms with Gasteiger partial charge in [-0.25, -0.2) is 13.4 Å². The number of aromatic nitrogens is 1. The molecule has 2 aromatic rings. The predicted molar refractivity (Wildman–Crippen MR) is 77.7 cm³/mol. The standard InChI is InChI=1S/C13H15N3O2S/c1-14-13-7-6-11(9-15-13)10-4-3-5-12(8-10)16-19(2,17)18/h3-9,16H,1-2H3,(H,14,15). The minimum absolute atomic E-state index is 0.540. The number of benzene rings is 1. The molecule has 0 aliphatic heterocycles.